The molecule has 0 unspecified atom stereocenters. The van der Waals surface area contributed by atoms with Crippen molar-refractivity contribution >= 4 is 34.9 Å². The van der Waals surface area contributed by atoms with E-state index in [1.807, 2.05) is 24.0 Å². The molecule has 1 saturated carbocycles. The van der Waals surface area contributed by atoms with E-state index < -0.39 is 17.8 Å². The Morgan fingerprint density at radius 3 is 2.37 bits per heavy atom. The summed E-state index contributed by atoms with van der Waals surface area (Å²) in [5.74, 6) is 1.88. The van der Waals surface area contributed by atoms with E-state index in [9.17, 15) is 18.0 Å². The maximum atomic E-state index is 14.1. The Balaban J connectivity index is 1.12. The van der Waals surface area contributed by atoms with E-state index in [2.05, 4.69) is 48.0 Å². The second-order valence-corrected chi connectivity index (χ2v) is 11.6. The molecule has 4 N–H and O–H groups in total. The van der Waals surface area contributed by atoms with Gasteiger partial charge in [-0.3, -0.25) is 9.47 Å². The van der Waals surface area contributed by atoms with Gasteiger partial charge < -0.3 is 26.2 Å². The molecule has 1 saturated heterocycles. The number of nitrogens with zero attached hydrogens (tertiary/aromatic N) is 6. The first-order valence-electron chi connectivity index (χ1n) is 15.4. The normalized spacial score (nSPS) is 15.8. The molecule has 2 fully saturated rings. The van der Waals surface area contributed by atoms with Crippen molar-refractivity contribution in [3.05, 3.63) is 77.9 Å². The molecule has 14 heteroatoms. The van der Waals surface area contributed by atoms with Crippen LogP contribution in [0.3, 0.4) is 0 Å². The van der Waals surface area contributed by atoms with Gasteiger partial charge in [0.25, 0.3) is 0 Å². The fourth-order valence-corrected chi connectivity index (χ4v) is 5.38. The van der Waals surface area contributed by atoms with Crippen LogP contribution in [0.2, 0.25) is 0 Å². The smallest absolute Gasteiger partial charge is 0.367 e. The molecule has 2 aromatic carbocycles. The molecule has 11 nitrogen and oxygen atoms in total. The molecule has 0 radical (unpaired) electrons. The molecule has 0 bridgehead atoms. The molecule has 3 heterocycles. The second kappa shape index (κ2) is 13.3. The highest BCUT2D eigenvalue weighted by molar-refractivity contribution is 6.00. The molecule has 242 valence electrons. The molecule has 2 amide bonds. The van der Waals surface area contributed by atoms with Gasteiger partial charge in [-0.1, -0.05) is 19.1 Å². The second-order valence-electron chi connectivity index (χ2n) is 11.6. The van der Waals surface area contributed by atoms with Crippen LogP contribution >= 0.6 is 0 Å². The number of nitrogens with one attached hydrogen (secondary N) is 4. The van der Waals surface area contributed by atoms with Crippen LogP contribution in [0, 0.1) is 6.92 Å². The van der Waals surface area contributed by atoms with Gasteiger partial charge in [0, 0.05) is 74.3 Å². The van der Waals surface area contributed by atoms with E-state index in [0.29, 0.717) is 42.3 Å². The summed E-state index contributed by atoms with van der Waals surface area (Å²) in [7, 11) is 0. The van der Waals surface area contributed by atoms with Gasteiger partial charge >= 0.3 is 12.2 Å². The number of carbonyl (C=O) groups excluding carboxylic acids is 1. The van der Waals surface area contributed by atoms with Gasteiger partial charge in [-0.2, -0.15) is 13.2 Å². The van der Waals surface area contributed by atoms with Crippen LogP contribution in [0.15, 0.2) is 61.2 Å². The Morgan fingerprint density at radius 1 is 0.935 bits per heavy atom. The summed E-state index contributed by atoms with van der Waals surface area (Å²) in [5.41, 5.74) is 1.51. The summed E-state index contributed by atoms with van der Waals surface area (Å²) in [5, 5.41) is 11.9. The number of imidazole rings is 1. The quantitative estimate of drug-likeness (QED) is 0.166. The molecular formula is C32H37F3N10O. The average molecular weight is 635 g/mol. The Kier molecular flexibility index (Phi) is 9.08. The monoisotopic (exact) mass is 634 g/mol. The average Bonchev–Trinajstić information content (AvgIpc) is 3.73. The fraction of sp³-hybridized carbons (Fsp3) is 0.375. The number of alkyl halides is 3. The third-order valence-electron chi connectivity index (χ3n) is 8.19. The van der Waals surface area contributed by atoms with Gasteiger partial charge in [-0.05, 0) is 61.7 Å². The number of likely N-dealkylation sites (N-methyl/N-ethyl adjacent to an activating group) is 1. The molecule has 0 atom stereocenters. The number of amides is 2. The van der Waals surface area contributed by atoms with Crippen LogP contribution in [0.5, 0.6) is 0 Å². The highest BCUT2D eigenvalue weighted by Crippen LogP contribution is 2.35. The maximum Gasteiger partial charge on any atom is 0.416 e. The SMILES string of the molecule is CCN1CCN(Cc2ccc(NC(=O)Nc3ccc(C)c(Nc4nccn4-c4cc(NC5CC5)ncn4)c3)cc2C(F)(F)F)CC1. The van der Waals surface area contributed by atoms with Crippen LogP contribution < -0.4 is 21.3 Å². The lowest BCUT2D eigenvalue weighted by molar-refractivity contribution is -0.138. The zero-order valence-corrected chi connectivity index (χ0v) is 25.7. The number of urea groups is 1. The van der Waals surface area contributed by atoms with Gasteiger partial charge in [0.05, 0.1) is 5.56 Å². The summed E-state index contributed by atoms with van der Waals surface area (Å²) >= 11 is 0. The van der Waals surface area contributed by atoms with E-state index in [1.165, 1.54) is 18.5 Å². The molecule has 2 aromatic heterocycles. The fourth-order valence-electron chi connectivity index (χ4n) is 5.38. The lowest BCUT2D eigenvalue weighted by Gasteiger charge is -2.34. The number of aromatic nitrogens is 4. The van der Waals surface area contributed by atoms with Gasteiger partial charge in [0.15, 0.2) is 0 Å². The Labute approximate surface area is 265 Å². The number of carbonyl (C=O) groups is 1. The third kappa shape index (κ3) is 7.74. The lowest BCUT2D eigenvalue weighted by Crippen LogP contribution is -2.45. The highest BCUT2D eigenvalue weighted by atomic mass is 19.4. The van der Waals surface area contributed by atoms with E-state index in [1.54, 1.807) is 29.1 Å². The van der Waals surface area contributed by atoms with Crippen molar-refractivity contribution in [2.75, 3.05) is 54.0 Å². The number of benzene rings is 2. The minimum atomic E-state index is -4.56. The Bertz CT molecular complexity index is 1680. The summed E-state index contributed by atoms with van der Waals surface area (Å²) in [6.07, 6.45) is 2.62. The van der Waals surface area contributed by atoms with Crippen LogP contribution in [0.25, 0.3) is 5.82 Å². The Morgan fingerprint density at radius 2 is 1.65 bits per heavy atom. The van der Waals surface area contributed by atoms with Crippen molar-refractivity contribution in [3.8, 4) is 5.82 Å². The van der Waals surface area contributed by atoms with E-state index >= 15 is 0 Å². The van der Waals surface area contributed by atoms with Crippen molar-refractivity contribution in [1.82, 2.24) is 29.3 Å². The topological polar surface area (TPSA) is 115 Å². The van der Waals surface area contributed by atoms with Crippen LogP contribution in [0.4, 0.5) is 46.8 Å². The summed E-state index contributed by atoms with van der Waals surface area (Å²) in [4.78, 5) is 30.3. The molecule has 6 rings (SSSR count). The predicted molar refractivity (Wildman–Crippen MR) is 172 cm³/mol. The van der Waals surface area contributed by atoms with Crippen LogP contribution in [-0.4, -0.2) is 74.1 Å². The van der Waals surface area contributed by atoms with Gasteiger partial charge in [-0.15, -0.1) is 0 Å². The molecule has 46 heavy (non-hydrogen) atoms. The minimum Gasteiger partial charge on any atom is -0.367 e. The van der Waals surface area contributed by atoms with Crippen molar-refractivity contribution in [3.63, 3.8) is 0 Å². The van der Waals surface area contributed by atoms with Crippen LogP contribution in [-0.2, 0) is 12.7 Å². The van der Waals surface area contributed by atoms with E-state index in [4.69, 9.17) is 0 Å². The first-order valence-corrected chi connectivity index (χ1v) is 15.4. The van der Waals surface area contributed by atoms with Crippen molar-refractivity contribution in [2.45, 2.75) is 45.5 Å². The number of hydrogen-bond donors (Lipinski definition) is 4. The van der Waals surface area contributed by atoms with Crippen molar-refractivity contribution in [1.29, 1.82) is 0 Å². The standard InChI is InChI=1S/C32H37F3N10O/c1-3-43-12-14-44(15-13-43)19-22-5-7-24(16-26(22)32(33,34)35)40-31(46)41-25-6-4-21(2)27(17-25)42-30-36-10-11-45(30)29-18-28(37-20-38-29)39-23-8-9-23/h4-7,10-11,16-18,20,23H,3,8-9,12-15,19H2,1-2H3,(H,36,42)(H,37,38,39)(H2,40,41,46). The zero-order chi connectivity index (χ0) is 32.3. The number of aryl methyl sites for hydroxylation is 1. The minimum absolute atomic E-state index is 0.0530. The maximum absolute atomic E-state index is 14.1. The molecule has 4 aromatic rings. The predicted octanol–water partition coefficient (Wildman–Crippen LogP) is 6.09. The van der Waals surface area contributed by atoms with Crippen LogP contribution in [0.1, 0.15) is 36.5 Å². The first kappa shape index (κ1) is 31.3. The van der Waals surface area contributed by atoms with Crippen molar-refractivity contribution < 1.29 is 18.0 Å². The first-order chi connectivity index (χ1) is 22.1. The van der Waals surface area contributed by atoms with Gasteiger partial charge in [0.2, 0.25) is 5.95 Å². The number of rotatable bonds is 10. The third-order valence-corrected chi connectivity index (χ3v) is 8.19. The summed E-state index contributed by atoms with van der Waals surface area (Å²) < 4.78 is 43.9. The van der Waals surface area contributed by atoms with E-state index in [0.717, 1.165) is 49.9 Å². The number of piperazine rings is 1. The van der Waals surface area contributed by atoms with Gasteiger partial charge in [-0.25, -0.2) is 19.7 Å². The molecule has 1 aliphatic carbocycles. The zero-order valence-electron chi connectivity index (χ0n) is 25.7. The largest absolute Gasteiger partial charge is 0.416 e. The molecule has 2 aliphatic rings. The summed E-state index contributed by atoms with van der Waals surface area (Å²) in [6, 6.07) is 10.9. The number of halogens is 3. The number of hydrogen-bond acceptors (Lipinski definition) is 8. The molecule has 0 spiro atoms. The lowest BCUT2D eigenvalue weighted by atomic mass is 10.0. The Hall–Kier alpha value is -4.69. The van der Waals surface area contributed by atoms with E-state index in [-0.39, 0.29) is 17.8 Å². The number of anilines is 5. The molecular weight excluding hydrogens is 597 g/mol. The van der Waals surface area contributed by atoms with Crippen molar-refractivity contribution in [2.24, 2.45) is 0 Å². The summed E-state index contributed by atoms with van der Waals surface area (Å²) in [6.45, 7) is 8.20. The van der Waals surface area contributed by atoms with Gasteiger partial charge in [0.1, 0.15) is 18.0 Å². The molecule has 1 aliphatic heterocycles. The highest BCUT2D eigenvalue weighted by Gasteiger charge is 2.34.